The molecule has 1 saturated heterocycles. The zero-order valence-corrected chi connectivity index (χ0v) is 21.3. The summed E-state index contributed by atoms with van der Waals surface area (Å²) >= 11 is 0. The summed E-state index contributed by atoms with van der Waals surface area (Å²) in [7, 11) is -3.94. The molecule has 40 heavy (non-hydrogen) atoms. The summed E-state index contributed by atoms with van der Waals surface area (Å²) in [6.07, 6.45) is -8.78. The van der Waals surface area contributed by atoms with Gasteiger partial charge in [-0.3, -0.25) is 14.6 Å². The first kappa shape index (κ1) is 29.7. The lowest BCUT2D eigenvalue weighted by Gasteiger charge is -2.46. The van der Waals surface area contributed by atoms with E-state index < -0.39 is 103 Å². The van der Waals surface area contributed by atoms with Crippen LogP contribution >= 0.6 is 0 Å². The largest absolute Gasteiger partial charge is 0.419 e. The number of carbonyl (C=O) groups is 2. The van der Waals surface area contributed by atoms with Crippen molar-refractivity contribution in [3.05, 3.63) is 58.9 Å². The van der Waals surface area contributed by atoms with Gasteiger partial charge in [-0.25, -0.2) is 17.2 Å². The lowest BCUT2D eigenvalue weighted by atomic mass is 9.67. The Morgan fingerprint density at radius 2 is 1.65 bits per heavy atom. The van der Waals surface area contributed by atoms with Crippen LogP contribution in [0.5, 0.6) is 0 Å². The molecule has 3 atom stereocenters. The second kappa shape index (κ2) is 9.66. The minimum atomic E-state index is -5.33. The predicted molar refractivity (Wildman–Crippen MR) is 121 cm³/mol. The van der Waals surface area contributed by atoms with Crippen molar-refractivity contribution >= 4 is 21.7 Å². The molecule has 0 bridgehead atoms. The summed E-state index contributed by atoms with van der Waals surface area (Å²) in [4.78, 5) is 30.4. The van der Waals surface area contributed by atoms with Crippen LogP contribution in [-0.4, -0.2) is 54.6 Å². The molecule has 0 spiro atoms. The molecule has 2 fully saturated rings. The normalized spacial score (nSPS) is 22.8. The zero-order chi connectivity index (χ0) is 30.0. The molecule has 2 aromatic rings. The van der Waals surface area contributed by atoms with Crippen molar-refractivity contribution in [3.63, 3.8) is 0 Å². The topological polar surface area (TPSA) is 110 Å². The van der Waals surface area contributed by atoms with E-state index in [1.165, 1.54) is 0 Å². The van der Waals surface area contributed by atoms with E-state index in [0.29, 0.717) is 4.90 Å². The van der Waals surface area contributed by atoms with Crippen molar-refractivity contribution in [1.29, 1.82) is 0 Å². The molecular weight excluding hydrogens is 578 g/mol. The Hall–Kier alpha value is -3.30. The summed E-state index contributed by atoms with van der Waals surface area (Å²) in [5.74, 6) is -12.4. The number of halogens is 8. The Morgan fingerprint density at radius 1 is 1.02 bits per heavy atom. The fraction of sp³-hybridized carbons (Fsp3) is 0.458. The maximum absolute atomic E-state index is 15.3. The number of sulfone groups is 1. The number of hydrogen-bond acceptors (Lipinski definition) is 5. The van der Waals surface area contributed by atoms with Gasteiger partial charge in [0, 0.05) is 31.1 Å². The van der Waals surface area contributed by atoms with E-state index in [-0.39, 0.29) is 25.0 Å². The highest BCUT2D eigenvalue weighted by Crippen LogP contribution is 2.59. The third-order valence-corrected chi connectivity index (χ3v) is 8.42. The molecule has 1 aromatic carbocycles. The molecule has 1 aliphatic heterocycles. The molecule has 1 aliphatic carbocycles. The van der Waals surface area contributed by atoms with Crippen molar-refractivity contribution < 1.29 is 53.1 Å². The Morgan fingerprint density at radius 3 is 2.15 bits per heavy atom. The Bertz CT molecular complexity index is 1470. The van der Waals surface area contributed by atoms with Gasteiger partial charge in [-0.15, -0.1) is 0 Å². The van der Waals surface area contributed by atoms with Crippen molar-refractivity contribution in [2.24, 2.45) is 17.6 Å². The van der Waals surface area contributed by atoms with Crippen LogP contribution in [0.4, 0.5) is 35.1 Å². The van der Waals surface area contributed by atoms with E-state index in [9.17, 15) is 48.7 Å². The number of nitrogens with zero attached hydrogens (tertiary/aromatic N) is 2. The van der Waals surface area contributed by atoms with E-state index in [1.807, 2.05) is 0 Å². The molecule has 218 valence electrons. The smallest absolute Gasteiger partial charge is 0.368 e. The standard InChI is InChI=1S/C24H21F8N3O4S/c1-40(38,39)13-6-12(9-34-10-13)20(36)35-5-4-18(24(30,31)32)22(35,21(33)37)19(11-2-3-11)14-7-17(26)15(8-16(14)25)23(27,28)29/h6-11,18-19H,2-5H2,1H3,(H2,33,37)/t18?,19-,22-/m1/s1. The van der Waals surface area contributed by atoms with Crippen molar-refractivity contribution in [3.8, 4) is 0 Å². The van der Waals surface area contributed by atoms with Gasteiger partial charge in [0.2, 0.25) is 5.91 Å². The first-order valence-corrected chi connectivity index (χ1v) is 13.6. The van der Waals surface area contributed by atoms with Crippen LogP contribution in [0.25, 0.3) is 0 Å². The highest BCUT2D eigenvalue weighted by molar-refractivity contribution is 7.90. The van der Waals surface area contributed by atoms with E-state index in [1.54, 1.807) is 0 Å². The number of carbonyl (C=O) groups excluding carboxylic acids is 2. The summed E-state index contributed by atoms with van der Waals surface area (Å²) in [6.45, 7) is -0.761. The molecule has 0 radical (unpaired) electrons. The van der Waals surface area contributed by atoms with Crippen LogP contribution in [0.3, 0.4) is 0 Å². The number of rotatable bonds is 6. The fourth-order valence-electron chi connectivity index (χ4n) is 5.57. The number of nitrogens with two attached hydrogens (primary N) is 1. The van der Waals surface area contributed by atoms with E-state index in [0.717, 1.165) is 24.7 Å². The quantitative estimate of drug-likeness (QED) is 0.500. The molecule has 1 saturated carbocycles. The van der Waals surface area contributed by atoms with E-state index in [4.69, 9.17) is 5.73 Å². The zero-order valence-electron chi connectivity index (χ0n) is 20.5. The number of alkyl halides is 6. The molecule has 2 heterocycles. The summed E-state index contributed by atoms with van der Waals surface area (Å²) in [5, 5.41) is 0. The molecule has 1 unspecified atom stereocenters. The Balaban J connectivity index is 1.98. The average molecular weight is 600 g/mol. The fourth-order valence-corrected chi connectivity index (χ4v) is 6.16. The van der Waals surface area contributed by atoms with Gasteiger partial charge in [-0.2, -0.15) is 26.3 Å². The number of aromatic nitrogens is 1. The molecule has 16 heteroatoms. The first-order chi connectivity index (χ1) is 18.3. The predicted octanol–water partition coefficient (Wildman–Crippen LogP) is 4.22. The molecule has 4 rings (SSSR count). The maximum atomic E-state index is 15.3. The van der Waals surface area contributed by atoms with Crippen LogP contribution in [0, 0.1) is 23.5 Å². The lowest BCUT2D eigenvalue weighted by Crippen LogP contribution is -2.65. The van der Waals surface area contributed by atoms with Gasteiger partial charge in [-0.1, -0.05) is 0 Å². The Kier molecular flexibility index (Phi) is 7.17. The van der Waals surface area contributed by atoms with E-state index >= 15 is 4.39 Å². The van der Waals surface area contributed by atoms with Gasteiger partial charge >= 0.3 is 12.4 Å². The van der Waals surface area contributed by atoms with Crippen molar-refractivity contribution in [1.82, 2.24) is 9.88 Å². The van der Waals surface area contributed by atoms with Gasteiger partial charge in [0.05, 0.1) is 21.9 Å². The van der Waals surface area contributed by atoms with Crippen LogP contribution in [0.15, 0.2) is 35.5 Å². The van der Waals surface area contributed by atoms with Gasteiger partial charge in [-0.05, 0) is 48.9 Å². The highest BCUT2D eigenvalue weighted by atomic mass is 32.2. The molecular formula is C24H21F8N3O4S. The van der Waals surface area contributed by atoms with Crippen molar-refractivity contribution in [2.75, 3.05) is 12.8 Å². The Labute approximate surface area is 222 Å². The van der Waals surface area contributed by atoms with Crippen molar-refractivity contribution in [2.45, 2.75) is 48.0 Å². The maximum Gasteiger partial charge on any atom is 0.419 e. The number of pyridine rings is 1. The van der Waals surface area contributed by atoms with Crippen LogP contribution in [-0.2, 0) is 20.8 Å². The van der Waals surface area contributed by atoms with Gasteiger partial charge in [0.1, 0.15) is 17.2 Å². The van der Waals surface area contributed by atoms with Crippen LogP contribution in [0.1, 0.15) is 46.7 Å². The number of hydrogen-bond donors (Lipinski definition) is 1. The van der Waals surface area contributed by atoms with Gasteiger partial charge in [0.25, 0.3) is 5.91 Å². The minimum absolute atomic E-state index is 0.0828. The molecule has 2 N–H and O–H groups in total. The second-order valence-corrected chi connectivity index (χ2v) is 11.9. The second-order valence-electron chi connectivity index (χ2n) is 9.88. The number of likely N-dealkylation sites (tertiary alicyclic amines) is 1. The third-order valence-electron chi connectivity index (χ3n) is 7.34. The molecule has 2 amide bonds. The summed E-state index contributed by atoms with van der Waals surface area (Å²) in [5.41, 5.74) is -1.03. The number of benzene rings is 1. The summed E-state index contributed by atoms with van der Waals surface area (Å²) in [6, 6.07) is 0.700. The van der Waals surface area contributed by atoms with Gasteiger partial charge < -0.3 is 10.6 Å². The lowest BCUT2D eigenvalue weighted by molar-refractivity contribution is -0.199. The molecule has 7 nitrogen and oxygen atoms in total. The summed E-state index contributed by atoms with van der Waals surface area (Å²) < 4.78 is 137. The van der Waals surface area contributed by atoms with Crippen LogP contribution in [0.2, 0.25) is 0 Å². The number of primary amides is 1. The monoisotopic (exact) mass is 599 g/mol. The molecule has 1 aromatic heterocycles. The highest BCUT2D eigenvalue weighted by Gasteiger charge is 2.70. The average Bonchev–Trinajstić information content (AvgIpc) is 3.57. The number of amides is 2. The minimum Gasteiger partial charge on any atom is -0.368 e. The van der Waals surface area contributed by atoms with Crippen LogP contribution < -0.4 is 5.73 Å². The first-order valence-electron chi connectivity index (χ1n) is 11.7. The third kappa shape index (κ3) is 5.01. The van der Waals surface area contributed by atoms with Gasteiger partial charge in [0.15, 0.2) is 9.84 Å². The molecule has 2 aliphatic rings. The van der Waals surface area contributed by atoms with E-state index in [2.05, 4.69) is 4.98 Å². The SMILES string of the molecule is CS(=O)(=O)c1cncc(C(=O)N2CCC(C(F)(F)F)[C@]2(C(N)=O)[C@@H](c2cc(F)c(C(F)(F)F)cc2F)C2CC2)c1.